The minimum Gasteiger partial charge on any atom is -0.508 e. The van der Waals surface area contributed by atoms with Crippen LogP contribution in [0.3, 0.4) is 0 Å². The minimum atomic E-state index is -0.655. The van der Waals surface area contributed by atoms with Gasteiger partial charge in [-0.05, 0) is 75.6 Å². The van der Waals surface area contributed by atoms with E-state index in [9.17, 15) is 19.8 Å². The predicted molar refractivity (Wildman–Crippen MR) is 136 cm³/mol. The molecule has 0 aliphatic carbocycles. The van der Waals surface area contributed by atoms with E-state index in [0.717, 1.165) is 31.2 Å². The normalized spacial score (nSPS) is 25.7. The number of likely N-dealkylation sites (N-methyl/N-ethyl adjacent to an activating group) is 1. The number of carbonyl (C=O) groups is 2. The van der Waals surface area contributed by atoms with Crippen molar-refractivity contribution in [2.24, 2.45) is 0 Å². The number of cyclic esters (lactones) is 1. The third-order valence-corrected chi connectivity index (χ3v) is 6.20. The number of hydrogen-bond donors (Lipinski definition) is 2. The van der Waals surface area contributed by atoms with Gasteiger partial charge >= 0.3 is 11.9 Å². The lowest BCUT2D eigenvalue weighted by Gasteiger charge is -2.33. The molecule has 0 bridgehead atoms. The van der Waals surface area contributed by atoms with E-state index in [-0.39, 0.29) is 17.8 Å². The zero-order valence-electron chi connectivity index (χ0n) is 21.6. The van der Waals surface area contributed by atoms with Gasteiger partial charge in [0.15, 0.2) is 6.04 Å². The van der Waals surface area contributed by atoms with Crippen molar-refractivity contribution in [3.05, 3.63) is 54.1 Å². The predicted octanol–water partition coefficient (Wildman–Crippen LogP) is 4.07. The number of nitrogens with zero attached hydrogens (tertiary/aromatic N) is 1. The highest BCUT2D eigenvalue weighted by Crippen LogP contribution is 2.19. The molecule has 0 aromatic heterocycles. The van der Waals surface area contributed by atoms with Crippen LogP contribution in [0.25, 0.3) is 0 Å². The second-order valence-corrected chi connectivity index (χ2v) is 10.3. The number of quaternary nitrogens is 1. The smallest absolute Gasteiger partial charge is 0.365 e. The third kappa shape index (κ3) is 11.1. The summed E-state index contributed by atoms with van der Waals surface area (Å²) in [6.07, 6.45) is 11.1. The van der Waals surface area contributed by atoms with Crippen LogP contribution in [0.2, 0.25) is 0 Å². The zero-order chi connectivity index (χ0) is 25.8. The van der Waals surface area contributed by atoms with E-state index in [1.54, 1.807) is 30.3 Å². The Kier molecular flexibility index (Phi) is 11.5. The fourth-order valence-electron chi connectivity index (χ4n) is 3.98. The quantitative estimate of drug-likeness (QED) is 0.369. The van der Waals surface area contributed by atoms with Gasteiger partial charge in [-0.1, -0.05) is 24.3 Å². The Bertz CT molecular complexity index is 855. The van der Waals surface area contributed by atoms with Crippen LogP contribution in [-0.2, 0) is 25.5 Å². The molecule has 7 nitrogen and oxygen atoms in total. The molecule has 0 unspecified atom stereocenters. The van der Waals surface area contributed by atoms with Gasteiger partial charge in [0.25, 0.3) is 0 Å². The maximum atomic E-state index is 13.3. The summed E-state index contributed by atoms with van der Waals surface area (Å²) in [7, 11) is 5.78. The van der Waals surface area contributed by atoms with Crippen molar-refractivity contribution in [1.82, 2.24) is 0 Å². The Labute approximate surface area is 209 Å². The second-order valence-electron chi connectivity index (χ2n) is 10.3. The maximum Gasteiger partial charge on any atom is 0.365 e. The van der Waals surface area contributed by atoms with Crippen LogP contribution in [0, 0.1) is 0 Å². The summed E-state index contributed by atoms with van der Waals surface area (Å²) in [5.41, 5.74) is 0.910. The van der Waals surface area contributed by atoms with Crippen LogP contribution in [0.1, 0.15) is 57.4 Å². The van der Waals surface area contributed by atoms with Gasteiger partial charge in [-0.25, -0.2) is 9.59 Å². The number of phenolic OH excluding ortho intramolecular Hbond substituents is 1. The first-order valence-corrected chi connectivity index (χ1v) is 12.6. The van der Waals surface area contributed by atoms with Gasteiger partial charge in [-0.2, -0.15) is 0 Å². The van der Waals surface area contributed by atoms with E-state index >= 15 is 0 Å². The van der Waals surface area contributed by atoms with Gasteiger partial charge in [-0.15, -0.1) is 0 Å². The van der Waals surface area contributed by atoms with E-state index in [4.69, 9.17) is 9.47 Å². The standard InChI is InChI=1S/C28H41NO6/c1-21-10-8-6-5-7-9-11-23(30)16-17-25(18-19-27(32)34-21)35-28(33)26(29(2,3)4)20-22-12-14-24(31)15-13-22/h5,7,12-15,18-19,21,23,25-26,30H,6,8-11,16-17,20H2,1-4H3/p+1/b7-5+,19-18+/t21-,23-,25-,26-/m0/s1. The van der Waals surface area contributed by atoms with Gasteiger partial charge < -0.3 is 24.2 Å². The molecule has 0 saturated heterocycles. The molecule has 1 aliphatic heterocycles. The molecule has 1 aliphatic rings. The number of aromatic hydroxyl groups is 1. The summed E-state index contributed by atoms with van der Waals surface area (Å²) in [5.74, 6) is -0.674. The molecule has 0 spiro atoms. The fraction of sp³-hybridized carbons (Fsp3) is 0.571. The molecule has 0 amide bonds. The number of rotatable bonds is 5. The topological polar surface area (TPSA) is 93.1 Å². The van der Waals surface area contributed by atoms with Crippen LogP contribution >= 0.6 is 0 Å². The molecule has 4 atom stereocenters. The summed E-state index contributed by atoms with van der Waals surface area (Å²) < 4.78 is 11.7. The van der Waals surface area contributed by atoms with Crippen molar-refractivity contribution in [1.29, 1.82) is 0 Å². The van der Waals surface area contributed by atoms with Crippen LogP contribution in [0.4, 0.5) is 0 Å². The Hall–Kier alpha value is -2.64. The van der Waals surface area contributed by atoms with E-state index in [1.807, 2.05) is 28.1 Å². The molecule has 194 valence electrons. The molecule has 2 N–H and O–H groups in total. The minimum absolute atomic E-state index is 0.171. The highest BCUT2D eigenvalue weighted by atomic mass is 16.5. The molecule has 0 fully saturated rings. The van der Waals surface area contributed by atoms with Gasteiger partial charge in [0.2, 0.25) is 0 Å². The average Bonchev–Trinajstić information content (AvgIpc) is 2.78. The average molecular weight is 489 g/mol. The summed E-state index contributed by atoms with van der Waals surface area (Å²) in [6, 6.07) is 6.29. The van der Waals surface area contributed by atoms with Crippen molar-refractivity contribution < 1.29 is 33.8 Å². The van der Waals surface area contributed by atoms with Crippen LogP contribution < -0.4 is 0 Å². The summed E-state index contributed by atoms with van der Waals surface area (Å²) in [5, 5.41) is 20.0. The monoisotopic (exact) mass is 488 g/mol. The van der Waals surface area contributed by atoms with Crippen molar-refractivity contribution in [3.8, 4) is 5.75 Å². The molecular formula is C28H42NO6+. The molecule has 1 aromatic carbocycles. The van der Waals surface area contributed by atoms with E-state index < -0.39 is 24.2 Å². The summed E-state index contributed by atoms with van der Waals surface area (Å²) in [6.45, 7) is 1.88. The lowest BCUT2D eigenvalue weighted by molar-refractivity contribution is -0.887. The zero-order valence-corrected chi connectivity index (χ0v) is 21.6. The lowest BCUT2D eigenvalue weighted by atomic mass is 10.0. The maximum absolute atomic E-state index is 13.3. The molecular weight excluding hydrogens is 446 g/mol. The molecule has 2 rings (SSSR count). The Balaban J connectivity index is 2.15. The van der Waals surface area contributed by atoms with Crippen molar-refractivity contribution in [2.75, 3.05) is 21.1 Å². The van der Waals surface area contributed by atoms with Gasteiger partial charge in [0.1, 0.15) is 11.9 Å². The molecule has 1 heterocycles. The second kappa shape index (κ2) is 14.0. The van der Waals surface area contributed by atoms with Crippen molar-refractivity contribution in [2.45, 2.75) is 82.6 Å². The van der Waals surface area contributed by atoms with Crippen LogP contribution in [0.5, 0.6) is 5.75 Å². The number of aliphatic hydroxyl groups excluding tert-OH is 1. The number of aliphatic hydroxyl groups is 1. The number of phenols is 1. The lowest BCUT2D eigenvalue weighted by Crippen LogP contribution is -2.52. The number of carbonyl (C=O) groups excluding carboxylic acids is 2. The number of hydrogen-bond acceptors (Lipinski definition) is 6. The van der Waals surface area contributed by atoms with E-state index in [2.05, 4.69) is 12.2 Å². The Morgan fingerprint density at radius 1 is 1.09 bits per heavy atom. The van der Waals surface area contributed by atoms with Crippen LogP contribution in [-0.4, -0.2) is 72.1 Å². The first-order valence-electron chi connectivity index (χ1n) is 12.6. The van der Waals surface area contributed by atoms with Crippen molar-refractivity contribution in [3.63, 3.8) is 0 Å². The van der Waals surface area contributed by atoms with Gasteiger partial charge in [0.05, 0.1) is 33.4 Å². The van der Waals surface area contributed by atoms with Crippen molar-refractivity contribution >= 4 is 11.9 Å². The largest absolute Gasteiger partial charge is 0.508 e. The number of allylic oxidation sites excluding steroid dienone is 2. The summed E-state index contributed by atoms with van der Waals surface area (Å²) >= 11 is 0. The molecule has 35 heavy (non-hydrogen) atoms. The summed E-state index contributed by atoms with van der Waals surface area (Å²) in [4.78, 5) is 25.6. The van der Waals surface area contributed by atoms with E-state index in [0.29, 0.717) is 30.2 Å². The highest BCUT2D eigenvalue weighted by Gasteiger charge is 2.34. The van der Waals surface area contributed by atoms with E-state index in [1.165, 1.54) is 6.08 Å². The fourth-order valence-corrected chi connectivity index (χ4v) is 3.98. The molecule has 7 heteroatoms. The first kappa shape index (κ1) is 28.6. The SMILES string of the molecule is C[C@H]1CCC/C=C/CC[C@H](O)CC[C@H](OC(=O)[C@H](Cc2ccc(O)cc2)[N+](C)(C)C)/C=C/C(=O)O1. The van der Waals surface area contributed by atoms with Gasteiger partial charge in [-0.3, -0.25) is 0 Å². The number of benzene rings is 1. The molecule has 1 aromatic rings. The van der Waals surface area contributed by atoms with Gasteiger partial charge in [0, 0.05) is 12.5 Å². The van der Waals surface area contributed by atoms with Crippen LogP contribution in [0.15, 0.2) is 48.6 Å². The Morgan fingerprint density at radius 2 is 1.77 bits per heavy atom. The molecule has 0 saturated carbocycles. The molecule has 0 radical (unpaired) electrons. The third-order valence-electron chi connectivity index (χ3n) is 6.20. The first-order chi connectivity index (χ1) is 16.5. The number of esters is 2. The Morgan fingerprint density at radius 3 is 2.46 bits per heavy atom. The highest BCUT2D eigenvalue weighted by molar-refractivity contribution is 5.82. The number of ether oxygens (including phenoxy) is 2.